The molecule has 4 nitrogen and oxygen atoms in total. The largest absolute Gasteiger partial charge is 0.324 e. The van der Waals surface area contributed by atoms with Gasteiger partial charge in [0, 0.05) is 9.77 Å². The maximum Gasteiger partial charge on any atom is 0.324 e. The van der Waals surface area contributed by atoms with Crippen LogP contribution < -0.4 is 10.6 Å². The summed E-state index contributed by atoms with van der Waals surface area (Å²) < 4.78 is 0.988. The number of amides is 2. The molecule has 0 aliphatic carbocycles. The predicted molar refractivity (Wildman–Crippen MR) is 80.8 cm³/mol. The van der Waals surface area contributed by atoms with Crippen LogP contribution in [0.2, 0.25) is 0 Å². The number of pyridine rings is 1. The maximum absolute atomic E-state index is 11.8. The van der Waals surface area contributed by atoms with Crippen molar-refractivity contribution in [3.8, 4) is 0 Å². The Bertz CT molecular complexity index is 554. The number of benzene rings is 1. The molecule has 2 amide bonds. The minimum Gasteiger partial charge on any atom is -0.307 e. The molecule has 2 rings (SSSR count). The zero-order valence-electron chi connectivity index (χ0n) is 9.77. The molecule has 0 bridgehead atoms. The molecule has 0 aliphatic rings. The summed E-state index contributed by atoms with van der Waals surface area (Å²) in [4.78, 5) is 15.9. The lowest BCUT2D eigenvalue weighted by atomic mass is 10.3. The first-order chi connectivity index (χ1) is 8.65. The Kier molecular flexibility index (Phi) is 4.14. The van der Waals surface area contributed by atoms with Crippen LogP contribution in [0.5, 0.6) is 0 Å². The summed E-state index contributed by atoms with van der Waals surface area (Å²) in [6, 6.07) is 11.0. The molecule has 5 heteroatoms. The van der Waals surface area contributed by atoms with E-state index in [1.807, 2.05) is 37.3 Å². The Labute approximate surface area is 119 Å². The average molecular weight is 353 g/mol. The predicted octanol–water partition coefficient (Wildman–Crippen LogP) is 3.64. The average Bonchev–Trinajstić information content (AvgIpc) is 2.35. The molecule has 1 aromatic heterocycles. The highest BCUT2D eigenvalue weighted by Crippen LogP contribution is 2.17. The number of para-hydroxylation sites is 1. The zero-order chi connectivity index (χ0) is 13.0. The van der Waals surface area contributed by atoms with E-state index >= 15 is 0 Å². The van der Waals surface area contributed by atoms with Crippen molar-refractivity contribution >= 4 is 40.1 Å². The van der Waals surface area contributed by atoms with Gasteiger partial charge in [-0.2, -0.15) is 0 Å². The summed E-state index contributed by atoms with van der Waals surface area (Å²) in [7, 11) is 0. The van der Waals surface area contributed by atoms with Gasteiger partial charge in [0.2, 0.25) is 0 Å². The second kappa shape index (κ2) is 5.81. The van der Waals surface area contributed by atoms with Crippen LogP contribution in [-0.2, 0) is 0 Å². The van der Waals surface area contributed by atoms with E-state index in [1.165, 1.54) is 0 Å². The third kappa shape index (κ3) is 3.43. The van der Waals surface area contributed by atoms with Crippen molar-refractivity contribution in [1.29, 1.82) is 0 Å². The minimum absolute atomic E-state index is 0.296. The molecule has 0 unspecified atom stereocenters. The van der Waals surface area contributed by atoms with Gasteiger partial charge in [0.15, 0.2) is 0 Å². The lowest BCUT2D eigenvalue weighted by Gasteiger charge is -2.08. The molecule has 0 radical (unpaired) electrons. The van der Waals surface area contributed by atoms with E-state index in [0.29, 0.717) is 5.82 Å². The van der Waals surface area contributed by atoms with Gasteiger partial charge in [0.05, 0.1) is 5.69 Å². The molecule has 0 saturated heterocycles. The van der Waals surface area contributed by atoms with Crippen molar-refractivity contribution in [2.24, 2.45) is 0 Å². The van der Waals surface area contributed by atoms with Crippen LogP contribution in [-0.4, -0.2) is 11.0 Å². The summed E-state index contributed by atoms with van der Waals surface area (Å²) in [5, 5.41) is 5.46. The first kappa shape index (κ1) is 12.8. The highest BCUT2D eigenvalue weighted by Gasteiger charge is 2.05. The van der Waals surface area contributed by atoms with Crippen molar-refractivity contribution in [3.63, 3.8) is 0 Å². The quantitative estimate of drug-likeness (QED) is 0.810. The van der Waals surface area contributed by atoms with Crippen molar-refractivity contribution in [3.05, 3.63) is 51.7 Å². The van der Waals surface area contributed by atoms with Crippen molar-refractivity contribution in [2.75, 3.05) is 10.6 Å². The molecule has 0 fully saturated rings. The number of carbonyl (C=O) groups is 1. The molecule has 1 aromatic carbocycles. The number of aromatic nitrogens is 1. The first-order valence-electron chi connectivity index (χ1n) is 5.40. The normalized spacial score (nSPS) is 9.89. The maximum atomic E-state index is 11.8. The molecule has 0 atom stereocenters. The highest BCUT2D eigenvalue weighted by atomic mass is 127. The molecule has 2 aromatic rings. The number of hydrogen-bond donors (Lipinski definition) is 2. The number of anilines is 2. The SMILES string of the molecule is Cc1ccc(NC(=O)Nc2ccccc2I)nc1. The first-order valence-corrected chi connectivity index (χ1v) is 6.48. The fourth-order valence-corrected chi connectivity index (χ4v) is 1.90. The second-order valence-corrected chi connectivity index (χ2v) is 4.94. The van der Waals surface area contributed by atoms with Crippen LogP contribution in [0, 0.1) is 10.5 Å². The van der Waals surface area contributed by atoms with Crippen molar-refractivity contribution in [1.82, 2.24) is 4.98 Å². The number of halogens is 1. The van der Waals surface area contributed by atoms with E-state index < -0.39 is 0 Å². The fraction of sp³-hybridized carbons (Fsp3) is 0.0769. The molecule has 1 heterocycles. The Morgan fingerprint density at radius 2 is 1.94 bits per heavy atom. The van der Waals surface area contributed by atoms with Crippen LogP contribution in [0.4, 0.5) is 16.3 Å². The van der Waals surface area contributed by atoms with E-state index in [2.05, 4.69) is 38.2 Å². The topological polar surface area (TPSA) is 54.0 Å². The smallest absolute Gasteiger partial charge is 0.307 e. The van der Waals surface area contributed by atoms with Crippen molar-refractivity contribution < 1.29 is 4.79 Å². The molecule has 0 saturated carbocycles. The van der Waals surface area contributed by atoms with Gasteiger partial charge in [-0.05, 0) is 53.3 Å². The van der Waals surface area contributed by atoms with Gasteiger partial charge in [0.25, 0.3) is 0 Å². The number of carbonyl (C=O) groups excluding carboxylic acids is 1. The van der Waals surface area contributed by atoms with Gasteiger partial charge < -0.3 is 5.32 Å². The summed E-state index contributed by atoms with van der Waals surface area (Å²) in [5.41, 5.74) is 1.83. The van der Waals surface area contributed by atoms with Gasteiger partial charge in [-0.3, -0.25) is 5.32 Å². The van der Waals surface area contributed by atoms with Crippen LogP contribution in [0.15, 0.2) is 42.6 Å². The lowest BCUT2D eigenvalue weighted by Crippen LogP contribution is -2.20. The van der Waals surface area contributed by atoms with E-state index in [9.17, 15) is 4.79 Å². The number of nitrogens with zero attached hydrogens (tertiary/aromatic N) is 1. The Morgan fingerprint density at radius 3 is 2.61 bits per heavy atom. The lowest BCUT2D eigenvalue weighted by molar-refractivity contribution is 0.262. The van der Waals surface area contributed by atoms with Gasteiger partial charge in [-0.15, -0.1) is 0 Å². The zero-order valence-corrected chi connectivity index (χ0v) is 11.9. The number of aryl methyl sites for hydroxylation is 1. The number of hydrogen-bond acceptors (Lipinski definition) is 2. The molecule has 0 spiro atoms. The van der Waals surface area contributed by atoms with Crippen LogP contribution >= 0.6 is 22.6 Å². The van der Waals surface area contributed by atoms with Gasteiger partial charge in [0.1, 0.15) is 5.82 Å². The fourth-order valence-electron chi connectivity index (χ4n) is 1.37. The Morgan fingerprint density at radius 1 is 1.17 bits per heavy atom. The van der Waals surface area contributed by atoms with Gasteiger partial charge >= 0.3 is 6.03 Å². The van der Waals surface area contributed by atoms with E-state index in [0.717, 1.165) is 14.8 Å². The third-order valence-corrected chi connectivity index (χ3v) is 3.22. The molecule has 2 N–H and O–H groups in total. The monoisotopic (exact) mass is 353 g/mol. The standard InChI is InChI=1S/C13H12IN3O/c1-9-6-7-12(15-8-9)17-13(18)16-11-5-3-2-4-10(11)14/h2-8H,1H3,(H2,15,16,17,18). The number of urea groups is 1. The van der Waals surface area contributed by atoms with Crippen molar-refractivity contribution in [2.45, 2.75) is 6.92 Å². The summed E-state index contributed by atoms with van der Waals surface area (Å²) in [5.74, 6) is 0.532. The van der Waals surface area contributed by atoms with Crippen LogP contribution in [0.3, 0.4) is 0 Å². The minimum atomic E-state index is -0.296. The Balaban J connectivity index is 2.01. The van der Waals surface area contributed by atoms with Gasteiger partial charge in [-0.25, -0.2) is 9.78 Å². The molecule has 92 valence electrons. The summed E-state index contributed by atoms with van der Waals surface area (Å²) in [6.45, 7) is 1.95. The molecular weight excluding hydrogens is 341 g/mol. The molecule has 0 aliphatic heterocycles. The number of nitrogens with one attached hydrogen (secondary N) is 2. The van der Waals surface area contributed by atoms with Gasteiger partial charge in [-0.1, -0.05) is 18.2 Å². The van der Waals surface area contributed by atoms with E-state index in [1.54, 1.807) is 12.3 Å². The third-order valence-electron chi connectivity index (χ3n) is 2.28. The molecule has 18 heavy (non-hydrogen) atoms. The second-order valence-electron chi connectivity index (χ2n) is 3.78. The van der Waals surface area contributed by atoms with E-state index in [4.69, 9.17) is 0 Å². The Hall–Kier alpha value is -1.63. The number of rotatable bonds is 2. The summed E-state index contributed by atoms with van der Waals surface area (Å²) >= 11 is 2.17. The van der Waals surface area contributed by atoms with Crippen LogP contribution in [0.1, 0.15) is 5.56 Å². The van der Waals surface area contributed by atoms with Crippen LogP contribution in [0.25, 0.3) is 0 Å². The summed E-state index contributed by atoms with van der Waals surface area (Å²) in [6.07, 6.45) is 1.71. The molecular formula is C13H12IN3O. The highest BCUT2D eigenvalue weighted by molar-refractivity contribution is 14.1. The van der Waals surface area contributed by atoms with E-state index in [-0.39, 0.29) is 6.03 Å².